The Bertz CT molecular complexity index is 498. The lowest BCUT2D eigenvalue weighted by Crippen LogP contribution is -2.13. The zero-order valence-electron chi connectivity index (χ0n) is 9.33. The van der Waals surface area contributed by atoms with Crippen LogP contribution in [0.3, 0.4) is 0 Å². The predicted octanol–water partition coefficient (Wildman–Crippen LogP) is 2.44. The van der Waals surface area contributed by atoms with Gasteiger partial charge in [0.2, 0.25) is 0 Å². The number of fused-ring (bicyclic) bond motifs is 1. The normalized spacial score (nSPS) is 25.3. The first-order chi connectivity index (χ1) is 6.78. The molecule has 15 heavy (non-hydrogen) atoms. The molecule has 0 fully saturated rings. The molecule has 3 nitrogen and oxygen atoms in total. The summed E-state index contributed by atoms with van der Waals surface area (Å²) in [5.41, 5.74) is 3.07. The first-order valence-electron chi connectivity index (χ1n) is 5.00. The van der Waals surface area contributed by atoms with Gasteiger partial charge in [-0.2, -0.15) is 0 Å². The molecular formula is C11H16N2OS. The van der Waals surface area contributed by atoms with Crippen LogP contribution in [0.5, 0.6) is 0 Å². The van der Waals surface area contributed by atoms with E-state index in [1.807, 2.05) is 6.07 Å². The van der Waals surface area contributed by atoms with E-state index in [-0.39, 0.29) is 5.41 Å². The molecule has 0 radical (unpaired) electrons. The topological polar surface area (TPSA) is 53.8 Å². The minimum atomic E-state index is -2.41. The van der Waals surface area contributed by atoms with Crippen molar-refractivity contribution in [2.45, 2.75) is 37.7 Å². The number of hydrogen-bond donors (Lipinski definition) is 1. The highest BCUT2D eigenvalue weighted by molar-refractivity contribution is 7.91. The zero-order valence-corrected chi connectivity index (χ0v) is 10.1. The fraction of sp³-hybridized carbons (Fsp3) is 0.545. The van der Waals surface area contributed by atoms with Gasteiger partial charge in [-0.05, 0) is 17.2 Å². The molecule has 0 amide bonds. The number of rotatable bonds is 0. The van der Waals surface area contributed by atoms with Crippen LogP contribution >= 0.6 is 0 Å². The summed E-state index contributed by atoms with van der Waals surface area (Å²) >= 11 is 0. The van der Waals surface area contributed by atoms with Crippen LogP contribution in [-0.2, 0) is 26.6 Å². The van der Waals surface area contributed by atoms with Crippen LogP contribution in [0.15, 0.2) is 12.3 Å². The monoisotopic (exact) mass is 224 g/mol. The Morgan fingerprint density at radius 1 is 1.33 bits per heavy atom. The van der Waals surface area contributed by atoms with E-state index in [0.717, 1.165) is 16.8 Å². The van der Waals surface area contributed by atoms with Gasteiger partial charge < -0.3 is 0 Å². The minimum Gasteiger partial charge on any atom is -0.260 e. The van der Waals surface area contributed by atoms with E-state index in [2.05, 4.69) is 25.8 Å². The summed E-state index contributed by atoms with van der Waals surface area (Å²) < 4.78 is 19.2. The van der Waals surface area contributed by atoms with Crippen LogP contribution in [0.4, 0.5) is 0 Å². The second kappa shape index (κ2) is 3.04. The SMILES string of the molecule is CC(C)(C)c1cc2c(cn1)C[S@](=N)(=O)C2. The van der Waals surface area contributed by atoms with Crippen molar-refractivity contribution in [3.8, 4) is 0 Å². The van der Waals surface area contributed by atoms with E-state index in [0.29, 0.717) is 11.5 Å². The van der Waals surface area contributed by atoms with Crippen LogP contribution < -0.4 is 0 Å². The number of nitrogens with zero attached hydrogens (tertiary/aromatic N) is 1. The highest BCUT2D eigenvalue weighted by Crippen LogP contribution is 2.28. The standard InChI is InChI=1S/C11H16N2OS/c1-11(2,3)10-4-8-6-15(12,14)7-9(8)5-13-10/h4-5,12H,6-7H2,1-3H3/t15-/m1/s1. The maximum absolute atomic E-state index is 11.6. The first-order valence-corrected chi connectivity index (χ1v) is 6.90. The molecule has 0 aromatic carbocycles. The van der Waals surface area contributed by atoms with Crippen molar-refractivity contribution in [2.75, 3.05) is 0 Å². The molecule has 2 heterocycles. The van der Waals surface area contributed by atoms with Gasteiger partial charge in [-0.15, -0.1) is 0 Å². The Kier molecular flexibility index (Phi) is 2.15. The van der Waals surface area contributed by atoms with E-state index in [1.165, 1.54) is 0 Å². The number of hydrogen-bond acceptors (Lipinski definition) is 3. The molecule has 0 saturated heterocycles. The second-order valence-electron chi connectivity index (χ2n) is 5.19. The summed E-state index contributed by atoms with van der Waals surface area (Å²) in [5.74, 6) is 0.772. The number of aromatic nitrogens is 1. The Balaban J connectivity index is 2.48. The summed E-state index contributed by atoms with van der Waals surface area (Å²) in [7, 11) is -2.41. The molecule has 0 bridgehead atoms. The van der Waals surface area contributed by atoms with Gasteiger partial charge >= 0.3 is 0 Å². The molecule has 1 N–H and O–H groups in total. The van der Waals surface area contributed by atoms with Crippen LogP contribution in [0.2, 0.25) is 0 Å². The van der Waals surface area contributed by atoms with Gasteiger partial charge in [0.25, 0.3) is 0 Å². The Labute approximate surface area is 90.9 Å². The molecule has 82 valence electrons. The Morgan fingerprint density at radius 3 is 2.53 bits per heavy atom. The van der Waals surface area contributed by atoms with E-state index in [1.54, 1.807) is 6.20 Å². The fourth-order valence-electron chi connectivity index (χ4n) is 1.75. The average molecular weight is 224 g/mol. The maximum Gasteiger partial charge on any atom is 0.0587 e. The van der Waals surface area contributed by atoms with Crippen molar-refractivity contribution in [3.05, 3.63) is 29.1 Å². The summed E-state index contributed by atoms with van der Waals surface area (Å²) in [5, 5.41) is 0. The molecule has 0 spiro atoms. The smallest absolute Gasteiger partial charge is 0.0587 e. The molecule has 1 aliphatic rings. The molecular weight excluding hydrogens is 208 g/mol. The van der Waals surface area contributed by atoms with Crippen molar-refractivity contribution in [1.29, 1.82) is 4.78 Å². The molecule has 0 unspecified atom stereocenters. The molecule has 1 atom stereocenters. The summed E-state index contributed by atoms with van der Waals surface area (Å²) in [6.07, 6.45) is 1.79. The van der Waals surface area contributed by atoms with E-state index >= 15 is 0 Å². The molecule has 4 heteroatoms. The zero-order chi connectivity index (χ0) is 11.3. The van der Waals surface area contributed by atoms with Crippen molar-refractivity contribution >= 4 is 9.73 Å². The van der Waals surface area contributed by atoms with Crippen LogP contribution in [0, 0.1) is 4.78 Å². The van der Waals surface area contributed by atoms with Crippen LogP contribution in [-0.4, -0.2) is 9.19 Å². The van der Waals surface area contributed by atoms with Gasteiger partial charge in [-0.3, -0.25) is 9.76 Å². The van der Waals surface area contributed by atoms with Gasteiger partial charge in [0.05, 0.1) is 21.2 Å². The fourth-order valence-corrected chi connectivity index (χ4v) is 3.39. The summed E-state index contributed by atoms with van der Waals surface area (Å²) in [6, 6.07) is 2.01. The molecule has 1 aliphatic heterocycles. The van der Waals surface area contributed by atoms with E-state index < -0.39 is 9.73 Å². The van der Waals surface area contributed by atoms with Crippen LogP contribution in [0.1, 0.15) is 37.6 Å². The third kappa shape index (κ3) is 2.04. The largest absolute Gasteiger partial charge is 0.260 e. The average Bonchev–Trinajstić information content (AvgIpc) is 2.34. The number of nitrogens with one attached hydrogen (secondary N) is 1. The Morgan fingerprint density at radius 2 is 1.93 bits per heavy atom. The quantitative estimate of drug-likeness (QED) is 0.736. The van der Waals surface area contributed by atoms with Crippen LogP contribution in [0.25, 0.3) is 0 Å². The third-order valence-corrected chi connectivity index (χ3v) is 4.18. The highest BCUT2D eigenvalue weighted by Gasteiger charge is 2.24. The van der Waals surface area contributed by atoms with Gasteiger partial charge in [0.1, 0.15) is 0 Å². The second-order valence-corrected chi connectivity index (χ2v) is 7.39. The van der Waals surface area contributed by atoms with Gasteiger partial charge in [-0.1, -0.05) is 20.8 Å². The third-order valence-electron chi connectivity index (χ3n) is 2.63. The molecule has 0 saturated carbocycles. The van der Waals surface area contributed by atoms with Crippen molar-refractivity contribution < 1.29 is 4.21 Å². The van der Waals surface area contributed by atoms with E-state index in [4.69, 9.17) is 4.78 Å². The summed E-state index contributed by atoms with van der Waals surface area (Å²) in [4.78, 5) is 4.38. The Hall–Kier alpha value is -0.900. The van der Waals surface area contributed by atoms with Gasteiger partial charge in [0, 0.05) is 17.3 Å². The maximum atomic E-state index is 11.6. The van der Waals surface area contributed by atoms with Crippen molar-refractivity contribution in [1.82, 2.24) is 4.98 Å². The molecule has 0 aliphatic carbocycles. The lowest BCUT2D eigenvalue weighted by Gasteiger charge is -2.18. The van der Waals surface area contributed by atoms with Gasteiger partial charge in [0.15, 0.2) is 0 Å². The van der Waals surface area contributed by atoms with E-state index in [9.17, 15) is 4.21 Å². The first kappa shape index (κ1) is 10.6. The summed E-state index contributed by atoms with van der Waals surface area (Å²) in [6.45, 7) is 6.32. The minimum absolute atomic E-state index is 0.0144. The lowest BCUT2D eigenvalue weighted by atomic mass is 9.90. The van der Waals surface area contributed by atoms with Gasteiger partial charge in [-0.25, -0.2) is 4.21 Å². The lowest BCUT2D eigenvalue weighted by molar-refractivity contribution is 0.568. The highest BCUT2D eigenvalue weighted by atomic mass is 32.2. The molecule has 1 aromatic rings. The molecule has 2 rings (SSSR count). The van der Waals surface area contributed by atoms with Crippen molar-refractivity contribution in [2.24, 2.45) is 0 Å². The number of pyridine rings is 1. The predicted molar refractivity (Wildman–Crippen MR) is 61.2 cm³/mol. The molecule has 1 aromatic heterocycles. The van der Waals surface area contributed by atoms with Crippen molar-refractivity contribution in [3.63, 3.8) is 0 Å².